The fourth-order valence-corrected chi connectivity index (χ4v) is 1.85. The van der Waals surface area contributed by atoms with E-state index in [1.54, 1.807) is 18.6 Å². The molecule has 0 aromatic carbocycles. The molecule has 0 aliphatic heterocycles. The van der Waals surface area contributed by atoms with Crippen molar-refractivity contribution in [3.05, 3.63) is 53.0 Å². The summed E-state index contributed by atoms with van der Waals surface area (Å²) >= 11 is 0. The summed E-state index contributed by atoms with van der Waals surface area (Å²) in [4.78, 5) is 8.20. The quantitative estimate of drug-likeness (QED) is 0.820. The van der Waals surface area contributed by atoms with Crippen LogP contribution in [0.1, 0.15) is 28.3 Å². The summed E-state index contributed by atoms with van der Waals surface area (Å²) in [5, 5.41) is 0. The van der Waals surface area contributed by atoms with Gasteiger partial charge in [0.15, 0.2) is 0 Å². The molecule has 0 radical (unpaired) electrons. The maximum atomic E-state index is 6.24. The maximum Gasteiger partial charge on any atom is 0.128 e. The van der Waals surface area contributed by atoms with E-state index in [4.69, 9.17) is 11.5 Å². The largest absolute Gasteiger partial charge is 0.383 e. The number of pyridine rings is 2. The first kappa shape index (κ1) is 11.5. The lowest BCUT2D eigenvalue weighted by Crippen LogP contribution is -2.16. The second-order valence-corrected chi connectivity index (χ2v) is 4.20. The van der Waals surface area contributed by atoms with Crippen LogP contribution in [0.2, 0.25) is 0 Å². The minimum atomic E-state index is -0.259. The Morgan fingerprint density at radius 3 is 2.65 bits per heavy atom. The number of aromatic nitrogens is 2. The Balaban J connectivity index is 2.47. The van der Waals surface area contributed by atoms with Crippen LogP contribution in [-0.4, -0.2) is 9.97 Å². The van der Waals surface area contributed by atoms with Gasteiger partial charge in [0.05, 0.1) is 6.04 Å². The van der Waals surface area contributed by atoms with Gasteiger partial charge in [0.2, 0.25) is 0 Å². The zero-order valence-electron chi connectivity index (χ0n) is 10.0. The fraction of sp³-hybridized carbons (Fsp3) is 0.231. The Bertz CT molecular complexity index is 537. The highest BCUT2D eigenvalue weighted by Crippen LogP contribution is 2.25. The molecule has 2 rings (SSSR count). The lowest BCUT2D eigenvalue weighted by atomic mass is 9.97. The number of rotatable bonds is 2. The van der Waals surface area contributed by atoms with E-state index < -0.39 is 0 Å². The third-order valence-corrected chi connectivity index (χ3v) is 2.82. The van der Waals surface area contributed by atoms with Crippen LogP contribution in [0.25, 0.3) is 0 Å². The number of nitrogens with two attached hydrogens (primary N) is 2. The molecule has 1 atom stereocenters. The van der Waals surface area contributed by atoms with Gasteiger partial charge in [0, 0.05) is 24.2 Å². The van der Waals surface area contributed by atoms with Gasteiger partial charge < -0.3 is 11.5 Å². The molecule has 0 aliphatic carbocycles. The van der Waals surface area contributed by atoms with E-state index in [0.717, 1.165) is 22.3 Å². The van der Waals surface area contributed by atoms with E-state index >= 15 is 0 Å². The lowest BCUT2D eigenvalue weighted by molar-refractivity contribution is 0.851. The third-order valence-electron chi connectivity index (χ3n) is 2.82. The molecule has 2 heterocycles. The van der Waals surface area contributed by atoms with Crippen molar-refractivity contribution in [1.82, 2.24) is 9.97 Å². The molecule has 2 aromatic heterocycles. The first-order valence-corrected chi connectivity index (χ1v) is 5.47. The van der Waals surface area contributed by atoms with E-state index in [1.807, 2.05) is 26.0 Å². The summed E-state index contributed by atoms with van der Waals surface area (Å²) in [5.74, 6) is 0.485. The van der Waals surface area contributed by atoms with Crippen LogP contribution in [0, 0.1) is 13.8 Å². The van der Waals surface area contributed by atoms with Crippen molar-refractivity contribution >= 4 is 5.82 Å². The van der Waals surface area contributed by atoms with Crippen molar-refractivity contribution in [3.63, 3.8) is 0 Å². The number of nitrogen functional groups attached to an aromatic ring is 1. The normalized spacial score (nSPS) is 12.4. The highest BCUT2D eigenvalue weighted by molar-refractivity contribution is 5.47. The predicted octanol–water partition coefficient (Wildman–Crippen LogP) is 1.72. The van der Waals surface area contributed by atoms with Crippen LogP contribution < -0.4 is 11.5 Å². The van der Waals surface area contributed by atoms with E-state index in [9.17, 15) is 0 Å². The van der Waals surface area contributed by atoms with Gasteiger partial charge in [0.25, 0.3) is 0 Å². The SMILES string of the molecule is Cc1cnc(N)c(C(N)c2ccncc2C)c1. The Morgan fingerprint density at radius 1 is 1.18 bits per heavy atom. The standard InChI is InChI=1S/C13H16N4/c1-8-5-11(13(15)17-6-8)12(14)10-3-4-16-7-9(10)2/h3-7,12H,14H2,1-2H3,(H2,15,17). The van der Waals surface area contributed by atoms with Crippen LogP contribution in [-0.2, 0) is 0 Å². The molecule has 0 spiro atoms. The molecule has 88 valence electrons. The molecule has 4 heteroatoms. The van der Waals surface area contributed by atoms with Gasteiger partial charge >= 0.3 is 0 Å². The first-order chi connectivity index (χ1) is 8.09. The van der Waals surface area contributed by atoms with Crippen LogP contribution in [0.15, 0.2) is 30.7 Å². The molecular weight excluding hydrogens is 212 g/mol. The fourth-order valence-electron chi connectivity index (χ4n) is 1.85. The molecule has 0 amide bonds. The van der Waals surface area contributed by atoms with E-state index in [2.05, 4.69) is 9.97 Å². The topological polar surface area (TPSA) is 77.8 Å². The number of aryl methyl sites for hydroxylation is 2. The van der Waals surface area contributed by atoms with Gasteiger partial charge in [-0.05, 0) is 42.7 Å². The summed E-state index contributed by atoms with van der Waals surface area (Å²) in [6, 6.07) is 3.64. The number of hydrogen-bond acceptors (Lipinski definition) is 4. The van der Waals surface area contributed by atoms with Gasteiger partial charge in [-0.25, -0.2) is 4.98 Å². The average Bonchev–Trinajstić information content (AvgIpc) is 2.32. The van der Waals surface area contributed by atoms with Crippen molar-refractivity contribution in [3.8, 4) is 0 Å². The molecule has 0 saturated heterocycles. The van der Waals surface area contributed by atoms with Gasteiger partial charge in [-0.1, -0.05) is 0 Å². The third kappa shape index (κ3) is 2.26. The van der Waals surface area contributed by atoms with E-state index in [1.165, 1.54) is 0 Å². The van der Waals surface area contributed by atoms with Crippen molar-refractivity contribution in [2.45, 2.75) is 19.9 Å². The Labute approximate surface area is 101 Å². The van der Waals surface area contributed by atoms with Crippen LogP contribution in [0.5, 0.6) is 0 Å². The molecule has 17 heavy (non-hydrogen) atoms. The minimum absolute atomic E-state index is 0.259. The maximum absolute atomic E-state index is 6.24. The van der Waals surface area contributed by atoms with Crippen molar-refractivity contribution in [2.75, 3.05) is 5.73 Å². The van der Waals surface area contributed by atoms with Crippen molar-refractivity contribution in [2.24, 2.45) is 5.73 Å². The zero-order chi connectivity index (χ0) is 12.4. The average molecular weight is 228 g/mol. The highest BCUT2D eigenvalue weighted by atomic mass is 14.8. The van der Waals surface area contributed by atoms with Crippen LogP contribution in [0.4, 0.5) is 5.82 Å². The number of nitrogens with zero attached hydrogens (tertiary/aromatic N) is 2. The molecular formula is C13H16N4. The second-order valence-electron chi connectivity index (χ2n) is 4.20. The van der Waals surface area contributed by atoms with Crippen LogP contribution in [0.3, 0.4) is 0 Å². The molecule has 0 bridgehead atoms. The predicted molar refractivity (Wildman–Crippen MR) is 68.4 cm³/mol. The molecule has 0 saturated carbocycles. The summed E-state index contributed by atoms with van der Waals surface area (Å²) in [5.41, 5.74) is 16.1. The van der Waals surface area contributed by atoms with Gasteiger partial charge in [-0.3, -0.25) is 4.98 Å². The first-order valence-electron chi connectivity index (χ1n) is 5.47. The van der Waals surface area contributed by atoms with Gasteiger partial charge in [-0.2, -0.15) is 0 Å². The molecule has 2 aromatic rings. The van der Waals surface area contributed by atoms with Gasteiger partial charge in [-0.15, -0.1) is 0 Å². The molecule has 0 fully saturated rings. The number of anilines is 1. The molecule has 4 nitrogen and oxygen atoms in total. The van der Waals surface area contributed by atoms with E-state index in [-0.39, 0.29) is 6.04 Å². The molecule has 0 aliphatic rings. The Kier molecular flexibility index (Phi) is 3.06. The monoisotopic (exact) mass is 228 g/mol. The highest BCUT2D eigenvalue weighted by Gasteiger charge is 2.14. The lowest BCUT2D eigenvalue weighted by Gasteiger charge is -2.16. The summed E-state index contributed by atoms with van der Waals surface area (Å²) in [6.07, 6.45) is 5.28. The summed E-state index contributed by atoms with van der Waals surface area (Å²) in [6.45, 7) is 3.96. The molecule has 4 N–H and O–H groups in total. The number of hydrogen-bond donors (Lipinski definition) is 2. The van der Waals surface area contributed by atoms with Crippen LogP contribution >= 0.6 is 0 Å². The zero-order valence-corrected chi connectivity index (χ0v) is 10.0. The van der Waals surface area contributed by atoms with Crippen molar-refractivity contribution in [1.29, 1.82) is 0 Å². The Morgan fingerprint density at radius 2 is 1.94 bits per heavy atom. The molecule has 1 unspecified atom stereocenters. The van der Waals surface area contributed by atoms with Gasteiger partial charge in [0.1, 0.15) is 5.82 Å². The Hall–Kier alpha value is -1.94. The smallest absolute Gasteiger partial charge is 0.128 e. The minimum Gasteiger partial charge on any atom is -0.383 e. The van der Waals surface area contributed by atoms with E-state index in [0.29, 0.717) is 5.82 Å². The summed E-state index contributed by atoms with van der Waals surface area (Å²) in [7, 11) is 0. The summed E-state index contributed by atoms with van der Waals surface area (Å²) < 4.78 is 0. The van der Waals surface area contributed by atoms with Crippen molar-refractivity contribution < 1.29 is 0 Å². The second kappa shape index (κ2) is 4.51.